The highest BCUT2D eigenvalue weighted by Gasteiger charge is 2.12. The third-order valence-corrected chi connectivity index (χ3v) is 3.17. The van der Waals surface area contributed by atoms with E-state index in [-0.39, 0.29) is 23.6 Å². The predicted molar refractivity (Wildman–Crippen MR) is 91.9 cm³/mol. The maximum Gasteiger partial charge on any atom is 0.278 e. The molecule has 8 nitrogen and oxygen atoms in total. The van der Waals surface area contributed by atoms with E-state index in [0.717, 1.165) is 23.4 Å². The fraction of sp³-hybridized carbons (Fsp3) is 0.176. The Bertz CT molecular complexity index is 813. The van der Waals surface area contributed by atoms with Crippen molar-refractivity contribution in [3.63, 3.8) is 0 Å². The number of aryl methyl sites for hydroxylation is 2. The van der Waals surface area contributed by atoms with E-state index < -0.39 is 10.8 Å². The van der Waals surface area contributed by atoms with E-state index in [4.69, 9.17) is 4.74 Å². The number of carbonyl (C=O) groups excluding carboxylic acids is 1. The van der Waals surface area contributed by atoms with Gasteiger partial charge in [0.2, 0.25) is 0 Å². The molecule has 0 spiro atoms. The number of hydrazone groups is 1. The molecule has 0 atom stereocenters. The molecule has 0 aromatic heterocycles. The van der Waals surface area contributed by atoms with Gasteiger partial charge in [-0.3, -0.25) is 14.9 Å². The minimum absolute atomic E-state index is 0.0699. The summed E-state index contributed by atoms with van der Waals surface area (Å²) in [6.07, 6.45) is 1.09. The van der Waals surface area contributed by atoms with Crippen molar-refractivity contribution in [2.24, 2.45) is 5.10 Å². The van der Waals surface area contributed by atoms with Crippen LogP contribution in [0.1, 0.15) is 16.7 Å². The lowest BCUT2D eigenvalue weighted by Crippen LogP contribution is -2.24. The second-order valence-electron chi connectivity index (χ2n) is 5.41. The summed E-state index contributed by atoms with van der Waals surface area (Å²) in [6.45, 7) is 3.60. The summed E-state index contributed by atoms with van der Waals surface area (Å²) in [6, 6.07) is 9.13. The number of phenolic OH excluding ortho intramolecular Hbond substituents is 1. The maximum absolute atomic E-state index is 11.7. The summed E-state index contributed by atoms with van der Waals surface area (Å²) in [5.41, 5.74) is 4.09. The summed E-state index contributed by atoms with van der Waals surface area (Å²) in [7, 11) is 0. The Labute approximate surface area is 143 Å². The van der Waals surface area contributed by atoms with E-state index in [1.807, 2.05) is 19.9 Å². The lowest BCUT2D eigenvalue weighted by molar-refractivity contribution is -0.385. The monoisotopic (exact) mass is 343 g/mol. The zero-order valence-electron chi connectivity index (χ0n) is 13.7. The topological polar surface area (TPSA) is 114 Å². The number of amides is 1. The zero-order valence-corrected chi connectivity index (χ0v) is 13.7. The molecule has 0 aliphatic rings. The number of ether oxygens (including phenoxy) is 1. The molecule has 0 heterocycles. The number of carbonyl (C=O) groups is 1. The van der Waals surface area contributed by atoms with Crippen molar-refractivity contribution >= 4 is 17.8 Å². The second kappa shape index (κ2) is 7.91. The van der Waals surface area contributed by atoms with Crippen LogP contribution in [0.25, 0.3) is 0 Å². The van der Waals surface area contributed by atoms with Gasteiger partial charge < -0.3 is 9.84 Å². The molecule has 25 heavy (non-hydrogen) atoms. The number of hydrogen-bond acceptors (Lipinski definition) is 6. The molecule has 2 N–H and O–H groups in total. The number of nitrogens with one attached hydrogen (secondary N) is 1. The fourth-order valence-electron chi connectivity index (χ4n) is 2.18. The van der Waals surface area contributed by atoms with Crippen LogP contribution in [0.3, 0.4) is 0 Å². The highest BCUT2D eigenvalue weighted by Crippen LogP contribution is 2.21. The average molecular weight is 343 g/mol. The molecule has 0 radical (unpaired) electrons. The van der Waals surface area contributed by atoms with Gasteiger partial charge in [0.1, 0.15) is 11.5 Å². The Morgan fingerprint density at radius 2 is 1.96 bits per heavy atom. The molecule has 0 aliphatic heterocycles. The van der Waals surface area contributed by atoms with Crippen LogP contribution in [0.15, 0.2) is 41.5 Å². The van der Waals surface area contributed by atoms with Crippen LogP contribution in [-0.2, 0) is 4.79 Å². The molecule has 2 aromatic rings. The van der Waals surface area contributed by atoms with E-state index in [1.54, 1.807) is 12.1 Å². The first kappa shape index (κ1) is 17.9. The summed E-state index contributed by atoms with van der Waals surface area (Å²) < 4.78 is 5.38. The van der Waals surface area contributed by atoms with E-state index >= 15 is 0 Å². The van der Waals surface area contributed by atoms with Gasteiger partial charge in [-0.25, -0.2) is 5.43 Å². The normalized spacial score (nSPS) is 10.6. The van der Waals surface area contributed by atoms with Gasteiger partial charge in [-0.05, 0) is 49.2 Å². The number of rotatable bonds is 6. The molecular weight excluding hydrogens is 326 g/mol. The summed E-state index contributed by atoms with van der Waals surface area (Å²) in [5.74, 6) is -0.0880. The molecule has 8 heteroatoms. The quantitative estimate of drug-likeness (QED) is 0.475. The van der Waals surface area contributed by atoms with Crippen LogP contribution in [-0.4, -0.2) is 28.8 Å². The summed E-state index contributed by atoms with van der Waals surface area (Å²) >= 11 is 0. The maximum atomic E-state index is 11.7. The smallest absolute Gasteiger partial charge is 0.278 e. The first-order valence-electron chi connectivity index (χ1n) is 7.35. The van der Waals surface area contributed by atoms with Crippen LogP contribution in [0, 0.1) is 24.0 Å². The fourth-order valence-corrected chi connectivity index (χ4v) is 2.18. The molecule has 0 aliphatic carbocycles. The van der Waals surface area contributed by atoms with Crippen LogP contribution in [0.5, 0.6) is 11.5 Å². The van der Waals surface area contributed by atoms with Gasteiger partial charge in [-0.15, -0.1) is 0 Å². The Kier molecular flexibility index (Phi) is 5.67. The van der Waals surface area contributed by atoms with Gasteiger partial charge in [0, 0.05) is 6.07 Å². The lowest BCUT2D eigenvalue weighted by Gasteiger charge is -2.07. The Morgan fingerprint density at radius 1 is 1.28 bits per heavy atom. The number of phenols is 1. The number of hydrogen-bond donors (Lipinski definition) is 2. The van der Waals surface area contributed by atoms with Gasteiger partial charge >= 0.3 is 0 Å². The number of benzene rings is 2. The van der Waals surface area contributed by atoms with Crippen molar-refractivity contribution in [2.75, 3.05) is 6.61 Å². The van der Waals surface area contributed by atoms with Crippen molar-refractivity contribution in [1.82, 2.24) is 5.43 Å². The average Bonchev–Trinajstić information content (AvgIpc) is 2.52. The number of nitro benzene ring substituents is 1. The summed E-state index contributed by atoms with van der Waals surface area (Å²) in [4.78, 5) is 22.0. The standard InChI is InChI=1S/C17H17N3O5/c1-11-5-12(2)7-15(6-11)25-10-17(22)19-18-9-13-8-14(21)3-4-16(13)20(23)24/h3-9,21H,10H2,1-2H3,(H,19,22)/b18-9-. The second-order valence-corrected chi connectivity index (χ2v) is 5.41. The van der Waals surface area contributed by atoms with Crippen LogP contribution < -0.4 is 10.2 Å². The molecule has 0 unspecified atom stereocenters. The molecule has 2 aromatic carbocycles. The SMILES string of the molecule is Cc1cc(C)cc(OCC(=O)N/N=C\c2cc(O)ccc2[N+](=O)[O-])c1. The molecule has 2 rings (SSSR count). The van der Waals surface area contributed by atoms with Gasteiger partial charge in [-0.1, -0.05) is 6.07 Å². The van der Waals surface area contributed by atoms with Gasteiger partial charge in [0.05, 0.1) is 16.7 Å². The molecule has 0 fully saturated rings. The molecule has 130 valence electrons. The van der Waals surface area contributed by atoms with E-state index in [9.17, 15) is 20.0 Å². The first-order valence-corrected chi connectivity index (χ1v) is 7.35. The van der Waals surface area contributed by atoms with Crippen molar-refractivity contribution in [3.8, 4) is 11.5 Å². The third kappa shape index (κ3) is 5.31. The van der Waals surface area contributed by atoms with Crippen LogP contribution in [0.4, 0.5) is 5.69 Å². The minimum atomic E-state index is -0.605. The number of nitro groups is 1. The highest BCUT2D eigenvalue weighted by atomic mass is 16.6. The summed E-state index contributed by atoms with van der Waals surface area (Å²) in [5, 5.41) is 23.9. The van der Waals surface area contributed by atoms with E-state index in [0.29, 0.717) is 5.75 Å². The Morgan fingerprint density at radius 3 is 2.60 bits per heavy atom. The zero-order chi connectivity index (χ0) is 18.4. The Hall–Kier alpha value is -3.42. The predicted octanol–water partition coefficient (Wildman–Crippen LogP) is 2.45. The van der Waals surface area contributed by atoms with E-state index in [2.05, 4.69) is 10.5 Å². The molecular formula is C17H17N3O5. The minimum Gasteiger partial charge on any atom is -0.508 e. The van der Waals surface area contributed by atoms with Crippen LogP contribution >= 0.6 is 0 Å². The number of aromatic hydroxyl groups is 1. The van der Waals surface area contributed by atoms with E-state index in [1.165, 1.54) is 12.1 Å². The van der Waals surface area contributed by atoms with Crippen molar-refractivity contribution in [3.05, 3.63) is 63.2 Å². The van der Waals surface area contributed by atoms with Crippen molar-refractivity contribution in [1.29, 1.82) is 0 Å². The van der Waals surface area contributed by atoms with Crippen LogP contribution in [0.2, 0.25) is 0 Å². The Balaban J connectivity index is 1.95. The largest absolute Gasteiger partial charge is 0.508 e. The van der Waals surface area contributed by atoms with Gasteiger partial charge in [0.15, 0.2) is 6.61 Å². The lowest BCUT2D eigenvalue weighted by atomic mass is 10.1. The third-order valence-electron chi connectivity index (χ3n) is 3.17. The van der Waals surface area contributed by atoms with Gasteiger partial charge in [0.25, 0.3) is 11.6 Å². The molecule has 0 saturated heterocycles. The molecule has 0 saturated carbocycles. The van der Waals surface area contributed by atoms with Crippen molar-refractivity contribution in [2.45, 2.75) is 13.8 Å². The first-order chi connectivity index (χ1) is 11.8. The molecule has 1 amide bonds. The molecule has 0 bridgehead atoms. The highest BCUT2D eigenvalue weighted by molar-refractivity contribution is 5.87. The number of nitrogens with zero attached hydrogens (tertiary/aromatic N) is 2. The van der Waals surface area contributed by atoms with Gasteiger partial charge in [-0.2, -0.15) is 5.10 Å². The van der Waals surface area contributed by atoms with Crippen molar-refractivity contribution < 1.29 is 19.6 Å².